The van der Waals surface area contributed by atoms with Crippen LogP contribution in [0.15, 0.2) is 182 Å². The summed E-state index contributed by atoms with van der Waals surface area (Å²) in [5, 5.41) is 9.56. The van der Waals surface area contributed by atoms with Gasteiger partial charge in [0.1, 0.15) is 0 Å². The molecule has 14 aromatic rings. The maximum absolute atomic E-state index is 5.49. The Kier molecular flexibility index (Phi) is 7.56. The van der Waals surface area contributed by atoms with Gasteiger partial charge < -0.3 is 0 Å². The van der Waals surface area contributed by atoms with Gasteiger partial charge in [-0.15, -0.1) is 22.7 Å². The van der Waals surface area contributed by atoms with E-state index >= 15 is 0 Å². The summed E-state index contributed by atoms with van der Waals surface area (Å²) in [5.74, 6) is 2.66. The average Bonchev–Trinajstić information content (AvgIpc) is 4.12. The third kappa shape index (κ3) is 5.21. The van der Waals surface area contributed by atoms with Crippen LogP contribution in [0.2, 0.25) is 0 Å². The largest absolute Gasteiger partial charge is 0.278 e. The lowest BCUT2D eigenvalue weighted by Gasteiger charge is -2.13. The number of para-hydroxylation sites is 2. The highest BCUT2D eigenvalue weighted by atomic mass is 32.1. The first-order chi connectivity index (χ1) is 31.7. The Labute approximate surface area is 372 Å². The minimum atomic E-state index is 0.333. The Morgan fingerprint density at radius 2 is 0.672 bits per heavy atom. The van der Waals surface area contributed by atoms with Crippen molar-refractivity contribution in [1.29, 1.82) is 0 Å². The number of thiophene rings is 2. The zero-order valence-electron chi connectivity index (χ0n) is 33.7. The molecule has 0 amide bonds. The standard InChI is InChI=1S/C54H30N8S2/c1-3-15-31(16-4-1)49-55-50(32-17-5-2-6-18-32)57-51(56-49)52-58-53(61-39-23-11-7-21-37(39)45-41(61)29-27-35-33-19-9-13-25-43(33)63-47(35)45)60-54(59-52)62-40-24-12-8-22-38(40)46-42(62)30-28-36-34-20-10-14-26-44(34)64-48(36)46/h1-30H. The van der Waals surface area contributed by atoms with E-state index in [0.717, 1.165) is 44.0 Å². The summed E-state index contributed by atoms with van der Waals surface area (Å²) < 4.78 is 9.33. The molecule has 6 aromatic heterocycles. The summed E-state index contributed by atoms with van der Waals surface area (Å²) in [5.41, 5.74) is 5.71. The second-order valence-corrected chi connectivity index (χ2v) is 18.0. The van der Waals surface area contributed by atoms with Crippen LogP contribution in [0.3, 0.4) is 0 Å². The van der Waals surface area contributed by atoms with Crippen LogP contribution < -0.4 is 0 Å². The molecule has 0 radical (unpaired) electrons. The fourth-order valence-corrected chi connectivity index (χ4v) is 12.0. The number of nitrogens with zero attached hydrogens (tertiary/aromatic N) is 8. The minimum absolute atomic E-state index is 0.333. The Morgan fingerprint density at radius 3 is 1.16 bits per heavy atom. The molecule has 8 aromatic carbocycles. The van der Waals surface area contributed by atoms with E-state index in [4.69, 9.17) is 29.9 Å². The van der Waals surface area contributed by atoms with Crippen molar-refractivity contribution in [1.82, 2.24) is 39.0 Å². The molecule has 0 fully saturated rings. The van der Waals surface area contributed by atoms with Crippen LogP contribution in [0.5, 0.6) is 0 Å². The van der Waals surface area contributed by atoms with E-state index in [1.54, 1.807) is 0 Å². The number of rotatable bonds is 5. The molecule has 0 atom stereocenters. The van der Waals surface area contributed by atoms with Crippen LogP contribution in [0, 0.1) is 0 Å². The Bertz CT molecular complexity index is 3940. The molecule has 8 nitrogen and oxygen atoms in total. The van der Waals surface area contributed by atoms with Crippen LogP contribution in [-0.4, -0.2) is 39.0 Å². The lowest BCUT2D eigenvalue weighted by atomic mass is 10.1. The van der Waals surface area contributed by atoms with Crippen molar-refractivity contribution in [2.45, 2.75) is 0 Å². The SMILES string of the molecule is c1ccc(-c2nc(-c3ccccc3)nc(-c3nc(-n4c5ccccc5c5c6sc7ccccc7c6ccc54)nc(-n4c5ccccc5c5c6sc7ccccc7c6ccc54)n3)n2)cc1. The number of fused-ring (bicyclic) bond motifs is 14. The minimum Gasteiger partial charge on any atom is -0.278 e. The van der Waals surface area contributed by atoms with Gasteiger partial charge in [-0.25, -0.2) is 15.0 Å². The number of hydrogen-bond acceptors (Lipinski definition) is 8. The quantitative estimate of drug-likeness (QED) is 0.171. The summed E-state index contributed by atoms with van der Waals surface area (Å²) in [7, 11) is 0. The second-order valence-electron chi connectivity index (χ2n) is 15.9. The highest BCUT2D eigenvalue weighted by molar-refractivity contribution is 7.27. The molecule has 0 aliphatic rings. The third-order valence-electron chi connectivity index (χ3n) is 12.3. The number of aromatic nitrogens is 8. The molecule has 64 heavy (non-hydrogen) atoms. The van der Waals surface area contributed by atoms with E-state index in [0.29, 0.717) is 35.2 Å². The lowest BCUT2D eigenvalue weighted by molar-refractivity contribution is 0.881. The van der Waals surface area contributed by atoms with Gasteiger partial charge >= 0.3 is 0 Å². The summed E-state index contributed by atoms with van der Waals surface area (Å²) in [6.07, 6.45) is 0. The van der Waals surface area contributed by atoms with E-state index in [-0.39, 0.29) is 0 Å². The highest BCUT2D eigenvalue weighted by Gasteiger charge is 2.25. The van der Waals surface area contributed by atoms with E-state index in [1.165, 1.54) is 51.1 Å². The van der Waals surface area contributed by atoms with Gasteiger partial charge in [0, 0.05) is 73.0 Å². The van der Waals surface area contributed by atoms with Crippen molar-refractivity contribution < 1.29 is 0 Å². The van der Waals surface area contributed by atoms with Crippen LogP contribution in [0.4, 0.5) is 0 Å². The molecule has 0 bridgehead atoms. The van der Waals surface area contributed by atoms with Crippen molar-refractivity contribution in [2.75, 3.05) is 0 Å². The molecule has 0 unspecified atom stereocenters. The maximum Gasteiger partial charge on any atom is 0.240 e. The molecule has 0 saturated heterocycles. The number of benzene rings is 8. The predicted octanol–water partition coefficient (Wildman–Crippen LogP) is 14.0. The summed E-state index contributed by atoms with van der Waals surface area (Å²) in [6.45, 7) is 0. The van der Waals surface area contributed by atoms with Crippen LogP contribution >= 0.6 is 22.7 Å². The second kappa shape index (κ2) is 13.7. The van der Waals surface area contributed by atoms with Gasteiger partial charge in [-0.3, -0.25) is 9.13 Å². The van der Waals surface area contributed by atoms with Crippen molar-refractivity contribution in [3.05, 3.63) is 182 Å². The molecule has 6 heterocycles. The van der Waals surface area contributed by atoms with Crippen LogP contribution in [0.1, 0.15) is 0 Å². The average molecular weight is 855 g/mol. The van der Waals surface area contributed by atoms with Gasteiger partial charge in [-0.2, -0.15) is 15.0 Å². The monoisotopic (exact) mass is 854 g/mol. The molecule has 10 heteroatoms. The topological polar surface area (TPSA) is 87.2 Å². The maximum atomic E-state index is 5.49. The van der Waals surface area contributed by atoms with Gasteiger partial charge in [-0.05, 0) is 36.4 Å². The van der Waals surface area contributed by atoms with Gasteiger partial charge in [-0.1, -0.05) is 146 Å². The summed E-state index contributed by atoms with van der Waals surface area (Å²) in [4.78, 5) is 31.5. The van der Waals surface area contributed by atoms with Gasteiger partial charge in [0.05, 0.1) is 22.1 Å². The Morgan fingerprint density at radius 1 is 0.281 bits per heavy atom. The van der Waals surface area contributed by atoms with Crippen molar-refractivity contribution in [2.24, 2.45) is 0 Å². The molecule has 298 valence electrons. The zero-order chi connectivity index (χ0) is 41.9. The van der Waals surface area contributed by atoms with E-state index < -0.39 is 0 Å². The molecule has 0 spiro atoms. The zero-order valence-corrected chi connectivity index (χ0v) is 35.3. The molecule has 0 saturated carbocycles. The molecular formula is C54H30N8S2. The third-order valence-corrected chi connectivity index (χ3v) is 14.7. The van der Waals surface area contributed by atoms with E-state index in [9.17, 15) is 0 Å². The first-order valence-corrected chi connectivity index (χ1v) is 22.7. The molecule has 0 N–H and O–H groups in total. The first-order valence-electron chi connectivity index (χ1n) is 21.0. The van der Waals surface area contributed by atoms with E-state index in [2.05, 4.69) is 130 Å². The number of hydrogen-bond donors (Lipinski definition) is 0. The van der Waals surface area contributed by atoms with Crippen molar-refractivity contribution in [3.63, 3.8) is 0 Å². The van der Waals surface area contributed by atoms with Crippen molar-refractivity contribution >= 4 is 107 Å². The smallest absolute Gasteiger partial charge is 0.240 e. The fourth-order valence-electron chi connectivity index (χ4n) is 9.46. The molecule has 0 aliphatic heterocycles. The van der Waals surface area contributed by atoms with Crippen LogP contribution in [-0.2, 0) is 0 Å². The van der Waals surface area contributed by atoms with E-state index in [1.807, 2.05) is 83.3 Å². The van der Waals surface area contributed by atoms with Gasteiger partial charge in [0.2, 0.25) is 23.5 Å². The molecule has 0 aliphatic carbocycles. The van der Waals surface area contributed by atoms with Gasteiger partial charge in [0.25, 0.3) is 0 Å². The highest BCUT2D eigenvalue weighted by Crippen LogP contribution is 2.45. The Hall–Kier alpha value is -8.18. The van der Waals surface area contributed by atoms with Crippen LogP contribution in [0.25, 0.3) is 130 Å². The molecular weight excluding hydrogens is 825 g/mol. The van der Waals surface area contributed by atoms with Gasteiger partial charge in [0.15, 0.2) is 11.6 Å². The lowest BCUT2D eigenvalue weighted by Crippen LogP contribution is -2.12. The summed E-state index contributed by atoms with van der Waals surface area (Å²) >= 11 is 3.65. The first kappa shape index (κ1) is 35.4. The molecule has 14 rings (SSSR count). The van der Waals surface area contributed by atoms with Crippen molar-refractivity contribution in [3.8, 4) is 46.3 Å². The fraction of sp³-hybridized carbons (Fsp3) is 0. The predicted molar refractivity (Wildman–Crippen MR) is 264 cm³/mol. The summed E-state index contributed by atoms with van der Waals surface area (Å²) in [6, 6.07) is 63.3. The normalized spacial score (nSPS) is 12.1. The Balaban J connectivity index is 1.11.